The first-order valence-corrected chi connectivity index (χ1v) is 13.3. The Labute approximate surface area is 208 Å². The van der Waals surface area contributed by atoms with E-state index < -0.39 is 9.84 Å². The molecule has 0 aliphatic heterocycles. The molecule has 35 heavy (non-hydrogen) atoms. The van der Waals surface area contributed by atoms with E-state index in [-0.39, 0.29) is 21.3 Å². The van der Waals surface area contributed by atoms with E-state index in [0.717, 1.165) is 22.6 Å². The number of thioether (sulfide) groups is 1. The molecule has 8 nitrogen and oxygen atoms in total. The summed E-state index contributed by atoms with van der Waals surface area (Å²) in [5.41, 5.74) is 4.54. The van der Waals surface area contributed by atoms with E-state index in [1.165, 1.54) is 31.0 Å². The summed E-state index contributed by atoms with van der Waals surface area (Å²) in [5.74, 6) is 1.54. The number of aryl methyl sites for hydroxylation is 3. The van der Waals surface area contributed by atoms with Gasteiger partial charge in [0.1, 0.15) is 27.7 Å². The van der Waals surface area contributed by atoms with Gasteiger partial charge in [-0.2, -0.15) is 0 Å². The lowest BCUT2D eigenvalue weighted by atomic mass is 10.1. The number of nitrogens with one attached hydrogen (secondary N) is 1. The molecule has 2 heterocycles. The molecule has 0 radical (unpaired) electrons. The summed E-state index contributed by atoms with van der Waals surface area (Å²) < 4.78 is 38.7. The summed E-state index contributed by atoms with van der Waals surface area (Å²) in [7, 11) is -0.951. The minimum atomic E-state index is -4.02. The minimum Gasteiger partial charge on any atom is -0.508 e. The number of phenolic OH excluding ortho intramolecular Hbond substituents is 1. The number of hydrogen-bond donors (Lipinski definition) is 2. The van der Waals surface area contributed by atoms with E-state index in [1.54, 1.807) is 39.3 Å². The fourth-order valence-corrected chi connectivity index (χ4v) is 7.20. The number of methoxy groups -OCH3 is 2. The van der Waals surface area contributed by atoms with Crippen molar-refractivity contribution in [3.8, 4) is 17.2 Å². The average Bonchev–Trinajstić information content (AvgIpc) is 3.20. The van der Waals surface area contributed by atoms with Crippen molar-refractivity contribution in [2.24, 2.45) is 0 Å². The zero-order valence-corrected chi connectivity index (χ0v) is 22.0. The molecule has 4 rings (SSSR count). The Kier molecular flexibility index (Phi) is 6.70. The average molecular weight is 514 g/mol. The van der Waals surface area contributed by atoms with Crippen molar-refractivity contribution < 1.29 is 23.0 Å². The van der Waals surface area contributed by atoms with Gasteiger partial charge in [-0.25, -0.2) is 13.4 Å². The van der Waals surface area contributed by atoms with Crippen LogP contribution < -0.4 is 9.47 Å². The van der Waals surface area contributed by atoms with E-state index in [2.05, 4.69) is 15.0 Å². The van der Waals surface area contributed by atoms with Gasteiger partial charge in [-0.3, -0.25) is 4.98 Å². The first-order chi connectivity index (χ1) is 16.6. The van der Waals surface area contributed by atoms with Gasteiger partial charge < -0.3 is 19.6 Å². The van der Waals surface area contributed by atoms with Crippen molar-refractivity contribution in [3.05, 3.63) is 58.4 Å². The predicted octanol–water partition coefficient (Wildman–Crippen LogP) is 5.04. The van der Waals surface area contributed by atoms with Crippen LogP contribution in [0.5, 0.6) is 17.2 Å². The van der Waals surface area contributed by atoms with Crippen LogP contribution in [0.1, 0.15) is 27.9 Å². The number of nitrogens with zero attached hydrogens (tertiary/aromatic N) is 2. The van der Waals surface area contributed by atoms with E-state index in [9.17, 15) is 13.5 Å². The van der Waals surface area contributed by atoms with E-state index >= 15 is 0 Å². The first kappa shape index (κ1) is 24.9. The minimum absolute atomic E-state index is 0.0104. The third kappa shape index (κ3) is 4.43. The second-order valence-corrected chi connectivity index (χ2v) is 11.1. The molecule has 0 spiro atoms. The van der Waals surface area contributed by atoms with Gasteiger partial charge in [0.05, 0.1) is 30.3 Å². The number of hydrogen-bond acceptors (Lipinski definition) is 8. The SMILES string of the molecule is COc1ccc2[nH]c(SCc3ncc(C)c(OC)c3C)nc2c1S(=O)(=O)c1c(C)cc(O)cc1C. The van der Waals surface area contributed by atoms with Crippen LogP contribution in [0, 0.1) is 27.7 Å². The van der Waals surface area contributed by atoms with Gasteiger partial charge in [0.25, 0.3) is 0 Å². The predicted molar refractivity (Wildman–Crippen MR) is 136 cm³/mol. The molecule has 0 unspecified atom stereocenters. The highest BCUT2D eigenvalue weighted by Crippen LogP contribution is 2.39. The van der Waals surface area contributed by atoms with Crippen molar-refractivity contribution in [1.82, 2.24) is 15.0 Å². The van der Waals surface area contributed by atoms with Crippen LogP contribution in [0.2, 0.25) is 0 Å². The lowest BCUT2D eigenvalue weighted by Gasteiger charge is -2.14. The molecule has 0 aliphatic carbocycles. The summed E-state index contributed by atoms with van der Waals surface area (Å²) >= 11 is 1.42. The van der Waals surface area contributed by atoms with Crippen molar-refractivity contribution in [3.63, 3.8) is 0 Å². The van der Waals surface area contributed by atoms with E-state index in [4.69, 9.17) is 9.47 Å². The summed E-state index contributed by atoms with van der Waals surface area (Å²) in [6.07, 6.45) is 1.78. The van der Waals surface area contributed by atoms with Gasteiger partial charge in [-0.1, -0.05) is 11.8 Å². The zero-order valence-electron chi connectivity index (χ0n) is 20.4. The summed E-state index contributed by atoms with van der Waals surface area (Å²) in [6.45, 7) is 7.22. The summed E-state index contributed by atoms with van der Waals surface area (Å²) in [5, 5.41) is 10.5. The maximum Gasteiger partial charge on any atom is 0.213 e. The molecule has 2 N–H and O–H groups in total. The molecule has 2 aromatic carbocycles. The van der Waals surface area contributed by atoms with Crippen molar-refractivity contribution in [1.29, 1.82) is 0 Å². The van der Waals surface area contributed by atoms with Crippen LogP contribution in [0.15, 0.2) is 45.4 Å². The molecule has 0 saturated heterocycles. The Morgan fingerprint density at radius 2 is 1.69 bits per heavy atom. The van der Waals surface area contributed by atoms with Crippen molar-refractivity contribution >= 4 is 32.6 Å². The lowest BCUT2D eigenvalue weighted by molar-refractivity contribution is 0.404. The van der Waals surface area contributed by atoms with Crippen LogP contribution in [0.3, 0.4) is 0 Å². The van der Waals surface area contributed by atoms with Crippen LogP contribution in [-0.4, -0.2) is 42.7 Å². The van der Waals surface area contributed by atoms with E-state index in [1.807, 2.05) is 13.8 Å². The molecule has 0 fully saturated rings. The Balaban J connectivity index is 1.79. The third-order valence-corrected chi connectivity index (χ3v) is 8.85. The van der Waals surface area contributed by atoms with Gasteiger partial charge in [0.2, 0.25) is 9.84 Å². The topological polar surface area (TPSA) is 114 Å². The molecular formula is C25H27N3O5S2. The molecular weight excluding hydrogens is 486 g/mol. The number of benzene rings is 2. The van der Waals surface area contributed by atoms with Crippen molar-refractivity contribution in [2.75, 3.05) is 14.2 Å². The third-order valence-electron chi connectivity index (χ3n) is 5.85. The van der Waals surface area contributed by atoms with E-state index in [0.29, 0.717) is 33.1 Å². The normalized spacial score (nSPS) is 11.7. The van der Waals surface area contributed by atoms with Crippen LogP contribution in [0.4, 0.5) is 0 Å². The molecule has 184 valence electrons. The Hall–Kier alpha value is -3.24. The second-order valence-electron chi connectivity index (χ2n) is 8.28. The second kappa shape index (κ2) is 9.43. The molecule has 0 bridgehead atoms. The smallest absolute Gasteiger partial charge is 0.213 e. The molecule has 10 heteroatoms. The molecule has 4 aromatic rings. The van der Waals surface area contributed by atoms with Crippen LogP contribution in [0.25, 0.3) is 11.0 Å². The highest BCUT2D eigenvalue weighted by molar-refractivity contribution is 7.98. The zero-order chi connectivity index (χ0) is 25.5. The maximum atomic E-state index is 13.9. The van der Waals surface area contributed by atoms with Crippen LogP contribution >= 0.6 is 11.8 Å². The number of H-pyrrole nitrogens is 1. The quantitative estimate of drug-likeness (QED) is 0.330. The van der Waals surface area contributed by atoms with Gasteiger partial charge in [0, 0.05) is 23.1 Å². The Bertz CT molecular complexity index is 1520. The number of pyridine rings is 1. The van der Waals surface area contributed by atoms with Gasteiger partial charge >= 0.3 is 0 Å². The number of phenols is 1. The summed E-state index contributed by atoms with van der Waals surface area (Å²) in [6, 6.07) is 6.23. The highest BCUT2D eigenvalue weighted by Gasteiger charge is 2.30. The number of fused-ring (bicyclic) bond motifs is 1. The Morgan fingerprint density at radius 1 is 1.00 bits per heavy atom. The number of aromatic hydroxyl groups is 1. The molecule has 0 saturated carbocycles. The van der Waals surface area contributed by atoms with Gasteiger partial charge in [-0.15, -0.1) is 0 Å². The fourth-order valence-electron chi connectivity index (χ4n) is 4.30. The molecule has 2 aromatic heterocycles. The highest BCUT2D eigenvalue weighted by atomic mass is 32.2. The number of imidazole rings is 1. The summed E-state index contributed by atoms with van der Waals surface area (Å²) in [4.78, 5) is 12.5. The maximum absolute atomic E-state index is 13.9. The van der Waals surface area contributed by atoms with Crippen molar-refractivity contribution in [2.45, 2.75) is 48.4 Å². The number of sulfone groups is 1. The fraction of sp³-hybridized carbons (Fsp3) is 0.280. The lowest BCUT2D eigenvalue weighted by Crippen LogP contribution is -2.09. The van der Waals surface area contributed by atoms with Gasteiger partial charge in [-0.05, 0) is 63.1 Å². The first-order valence-electron chi connectivity index (χ1n) is 10.8. The van der Waals surface area contributed by atoms with Gasteiger partial charge in [0.15, 0.2) is 5.16 Å². The standard InChI is InChI=1S/C25H27N3O5S2/c1-13-9-17(29)10-14(2)23(13)35(30,31)24-20(32-5)8-7-18-21(24)28-25(27-18)34-12-19-16(4)22(33-6)15(3)11-26-19/h7-11,29H,12H2,1-6H3,(H,27,28). The number of aromatic nitrogens is 3. The Morgan fingerprint density at radius 3 is 2.31 bits per heavy atom. The largest absolute Gasteiger partial charge is 0.508 e. The molecule has 0 aliphatic rings. The molecule has 0 atom stereocenters. The van der Waals surface area contributed by atoms with Crippen LogP contribution in [-0.2, 0) is 15.6 Å². The number of ether oxygens (including phenoxy) is 2. The number of rotatable bonds is 7. The monoisotopic (exact) mass is 513 g/mol. The number of aromatic amines is 1. The molecule has 0 amide bonds.